The van der Waals surface area contributed by atoms with E-state index in [9.17, 15) is 4.79 Å². The molecular formula is C10H14ClN3O. The van der Waals surface area contributed by atoms with Gasteiger partial charge in [0.15, 0.2) is 0 Å². The van der Waals surface area contributed by atoms with Crippen molar-refractivity contribution in [3.8, 4) is 0 Å². The summed E-state index contributed by atoms with van der Waals surface area (Å²) >= 11 is 5.79. The van der Waals surface area contributed by atoms with Crippen LogP contribution in [-0.4, -0.2) is 26.0 Å². The highest BCUT2D eigenvalue weighted by Gasteiger charge is 2.11. The van der Waals surface area contributed by atoms with Gasteiger partial charge in [-0.3, -0.25) is 4.79 Å². The maximum Gasteiger partial charge on any atom is 0.250 e. The zero-order chi connectivity index (χ0) is 11.4. The topological polar surface area (TPSA) is 72.3 Å². The summed E-state index contributed by atoms with van der Waals surface area (Å²) in [5.41, 5.74) is 11.9. The van der Waals surface area contributed by atoms with E-state index >= 15 is 0 Å². The maximum absolute atomic E-state index is 11.2. The number of benzene rings is 1. The number of carbonyl (C=O) groups is 1. The van der Waals surface area contributed by atoms with Gasteiger partial charge in [0, 0.05) is 30.8 Å². The SMILES string of the molecule is CN(CCN)c1ccc(Cl)cc1C(N)=O. The molecule has 0 unspecified atom stereocenters. The van der Waals surface area contributed by atoms with Gasteiger partial charge in [-0.1, -0.05) is 11.6 Å². The molecule has 0 aliphatic rings. The lowest BCUT2D eigenvalue weighted by Gasteiger charge is -2.20. The Labute approximate surface area is 93.8 Å². The van der Waals surface area contributed by atoms with Crippen LogP contribution in [0.4, 0.5) is 5.69 Å². The van der Waals surface area contributed by atoms with E-state index in [-0.39, 0.29) is 0 Å². The summed E-state index contributed by atoms with van der Waals surface area (Å²) in [5, 5.41) is 0.494. The van der Waals surface area contributed by atoms with Gasteiger partial charge < -0.3 is 16.4 Å². The second kappa shape index (κ2) is 5.00. The molecule has 0 aromatic heterocycles. The molecule has 1 rings (SSSR count). The first-order chi connectivity index (χ1) is 7.06. The molecule has 1 aromatic carbocycles. The van der Waals surface area contributed by atoms with Crippen LogP contribution in [0.3, 0.4) is 0 Å². The van der Waals surface area contributed by atoms with Crippen molar-refractivity contribution in [2.45, 2.75) is 0 Å². The van der Waals surface area contributed by atoms with Gasteiger partial charge in [-0.05, 0) is 18.2 Å². The fraction of sp³-hybridized carbons (Fsp3) is 0.300. The van der Waals surface area contributed by atoms with Gasteiger partial charge in [-0.25, -0.2) is 0 Å². The standard InChI is InChI=1S/C10H14ClN3O/c1-14(5-4-12)9-3-2-7(11)6-8(9)10(13)15/h2-3,6H,4-5,12H2,1H3,(H2,13,15). The minimum atomic E-state index is -0.489. The highest BCUT2D eigenvalue weighted by Crippen LogP contribution is 2.22. The predicted molar refractivity (Wildman–Crippen MR) is 62.3 cm³/mol. The fourth-order valence-corrected chi connectivity index (χ4v) is 1.52. The fourth-order valence-electron chi connectivity index (χ4n) is 1.35. The van der Waals surface area contributed by atoms with Crippen LogP contribution in [0.25, 0.3) is 0 Å². The molecule has 1 amide bonds. The molecule has 0 radical (unpaired) electrons. The second-order valence-electron chi connectivity index (χ2n) is 3.24. The number of carbonyl (C=O) groups excluding carboxylic acids is 1. The molecule has 0 heterocycles. The van der Waals surface area contributed by atoms with E-state index in [0.717, 1.165) is 5.69 Å². The van der Waals surface area contributed by atoms with Crippen LogP contribution in [-0.2, 0) is 0 Å². The van der Waals surface area contributed by atoms with Crippen molar-refractivity contribution in [1.29, 1.82) is 0 Å². The summed E-state index contributed by atoms with van der Waals surface area (Å²) in [5.74, 6) is -0.489. The molecule has 0 saturated carbocycles. The van der Waals surface area contributed by atoms with Crippen LogP contribution in [0.5, 0.6) is 0 Å². The third-order valence-electron chi connectivity index (χ3n) is 2.10. The molecule has 4 nitrogen and oxygen atoms in total. The normalized spacial score (nSPS) is 10.1. The van der Waals surface area contributed by atoms with E-state index in [1.807, 2.05) is 11.9 Å². The Kier molecular flexibility index (Phi) is 3.94. The summed E-state index contributed by atoms with van der Waals surface area (Å²) < 4.78 is 0. The zero-order valence-corrected chi connectivity index (χ0v) is 9.29. The molecule has 0 bridgehead atoms. The first-order valence-corrected chi connectivity index (χ1v) is 4.94. The van der Waals surface area contributed by atoms with Crippen molar-refractivity contribution in [3.63, 3.8) is 0 Å². The Balaban J connectivity index is 3.10. The van der Waals surface area contributed by atoms with E-state index in [1.165, 1.54) is 0 Å². The molecule has 15 heavy (non-hydrogen) atoms. The Hall–Kier alpha value is -1.26. The summed E-state index contributed by atoms with van der Waals surface area (Å²) in [7, 11) is 1.85. The summed E-state index contributed by atoms with van der Waals surface area (Å²) in [6, 6.07) is 5.04. The number of hydrogen-bond donors (Lipinski definition) is 2. The van der Waals surface area contributed by atoms with Crippen LogP contribution >= 0.6 is 11.6 Å². The number of nitrogens with two attached hydrogens (primary N) is 2. The highest BCUT2D eigenvalue weighted by atomic mass is 35.5. The van der Waals surface area contributed by atoms with E-state index in [0.29, 0.717) is 23.7 Å². The van der Waals surface area contributed by atoms with Gasteiger partial charge in [0.2, 0.25) is 0 Å². The number of halogens is 1. The van der Waals surface area contributed by atoms with Gasteiger partial charge in [0.25, 0.3) is 5.91 Å². The second-order valence-corrected chi connectivity index (χ2v) is 3.67. The smallest absolute Gasteiger partial charge is 0.250 e. The van der Waals surface area contributed by atoms with Crippen molar-refractivity contribution >= 4 is 23.2 Å². The number of rotatable bonds is 4. The monoisotopic (exact) mass is 227 g/mol. The van der Waals surface area contributed by atoms with Gasteiger partial charge in [-0.15, -0.1) is 0 Å². The van der Waals surface area contributed by atoms with Crippen molar-refractivity contribution in [1.82, 2.24) is 0 Å². The molecule has 0 saturated heterocycles. The van der Waals surface area contributed by atoms with Gasteiger partial charge in [0.05, 0.1) is 5.56 Å². The van der Waals surface area contributed by atoms with Gasteiger partial charge in [0.1, 0.15) is 0 Å². The Morgan fingerprint density at radius 1 is 1.53 bits per heavy atom. The van der Waals surface area contributed by atoms with Gasteiger partial charge in [-0.2, -0.15) is 0 Å². The minimum Gasteiger partial charge on any atom is -0.373 e. The molecule has 5 heteroatoms. The predicted octanol–water partition coefficient (Wildman–Crippen LogP) is 0.834. The Morgan fingerprint density at radius 3 is 2.73 bits per heavy atom. The van der Waals surface area contributed by atoms with Crippen LogP contribution in [0.15, 0.2) is 18.2 Å². The van der Waals surface area contributed by atoms with Crippen molar-refractivity contribution in [2.24, 2.45) is 11.5 Å². The van der Waals surface area contributed by atoms with E-state index in [4.69, 9.17) is 23.1 Å². The molecule has 4 N–H and O–H groups in total. The lowest BCUT2D eigenvalue weighted by molar-refractivity contribution is 0.100. The average molecular weight is 228 g/mol. The quantitative estimate of drug-likeness (QED) is 0.801. The molecule has 0 aliphatic heterocycles. The third kappa shape index (κ3) is 2.84. The van der Waals surface area contributed by atoms with Crippen molar-refractivity contribution < 1.29 is 4.79 Å². The number of hydrogen-bond acceptors (Lipinski definition) is 3. The molecular weight excluding hydrogens is 214 g/mol. The van der Waals surface area contributed by atoms with Crippen LogP contribution in [0.2, 0.25) is 5.02 Å². The number of anilines is 1. The summed E-state index contributed by atoms with van der Waals surface area (Å²) in [4.78, 5) is 13.1. The zero-order valence-electron chi connectivity index (χ0n) is 8.53. The van der Waals surface area contributed by atoms with E-state index in [2.05, 4.69) is 0 Å². The molecule has 1 aromatic rings. The molecule has 82 valence electrons. The number of amides is 1. The Bertz CT molecular complexity index is 368. The maximum atomic E-state index is 11.2. The van der Waals surface area contributed by atoms with Crippen LogP contribution < -0.4 is 16.4 Å². The molecule has 0 atom stereocenters. The van der Waals surface area contributed by atoms with Crippen molar-refractivity contribution in [2.75, 3.05) is 25.0 Å². The highest BCUT2D eigenvalue weighted by molar-refractivity contribution is 6.31. The Morgan fingerprint density at radius 2 is 2.20 bits per heavy atom. The lowest BCUT2D eigenvalue weighted by atomic mass is 10.1. The summed E-state index contributed by atoms with van der Waals surface area (Å²) in [6.45, 7) is 1.17. The largest absolute Gasteiger partial charge is 0.373 e. The average Bonchev–Trinajstić information content (AvgIpc) is 2.17. The van der Waals surface area contributed by atoms with E-state index < -0.39 is 5.91 Å². The molecule has 0 fully saturated rings. The minimum absolute atomic E-state index is 0.415. The van der Waals surface area contributed by atoms with Gasteiger partial charge >= 0.3 is 0 Å². The first-order valence-electron chi connectivity index (χ1n) is 4.57. The van der Waals surface area contributed by atoms with Crippen molar-refractivity contribution in [3.05, 3.63) is 28.8 Å². The number of likely N-dealkylation sites (N-methyl/N-ethyl adjacent to an activating group) is 1. The summed E-state index contributed by atoms with van der Waals surface area (Å²) in [6.07, 6.45) is 0. The lowest BCUT2D eigenvalue weighted by Crippen LogP contribution is -2.27. The number of primary amides is 1. The molecule has 0 aliphatic carbocycles. The third-order valence-corrected chi connectivity index (χ3v) is 2.33. The van der Waals surface area contributed by atoms with E-state index in [1.54, 1.807) is 18.2 Å². The molecule has 0 spiro atoms. The van der Waals surface area contributed by atoms with Crippen LogP contribution in [0, 0.1) is 0 Å². The first kappa shape index (κ1) is 11.8. The van der Waals surface area contributed by atoms with Crippen LogP contribution in [0.1, 0.15) is 10.4 Å². The number of nitrogens with zero attached hydrogens (tertiary/aromatic N) is 1.